The van der Waals surface area contributed by atoms with Gasteiger partial charge in [0.05, 0.1) is 0 Å². The molecule has 0 amide bonds. The molecule has 0 aromatic carbocycles. The Balaban J connectivity index is 2.46. The molecule has 0 saturated carbocycles. The van der Waals surface area contributed by atoms with Crippen LogP contribution in [0.3, 0.4) is 0 Å². The van der Waals surface area contributed by atoms with Crippen molar-refractivity contribution in [1.82, 2.24) is 15.2 Å². The van der Waals surface area contributed by atoms with Gasteiger partial charge in [-0.15, -0.1) is 0 Å². The van der Waals surface area contributed by atoms with Crippen molar-refractivity contribution in [3.8, 4) is 11.4 Å². The monoisotopic (exact) mass is 249 g/mol. The van der Waals surface area contributed by atoms with E-state index in [1.807, 2.05) is 10.8 Å². The number of H-pyrrole nitrogens is 1. The van der Waals surface area contributed by atoms with Crippen molar-refractivity contribution >= 4 is 31.1 Å². The van der Waals surface area contributed by atoms with Crippen molar-refractivity contribution in [3.63, 3.8) is 0 Å². The van der Waals surface area contributed by atoms with E-state index in [4.69, 9.17) is 10.7 Å². The van der Waals surface area contributed by atoms with Gasteiger partial charge >= 0.3 is 0 Å². The van der Waals surface area contributed by atoms with Gasteiger partial charge in [-0.05, 0) is 11.4 Å². The van der Waals surface area contributed by atoms with E-state index in [1.54, 1.807) is 6.07 Å². The number of rotatable bonds is 2. The van der Waals surface area contributed by atoms with Crippen LogP contribution in [0.4, 0.5) is 0 Å². The molecule has 5 nitrogen and oxygen atoms in total. The van der Waals surface area contributed by atoms with E-state index < -0.39 is 9.05 Å². The second kappa shape index (κ2) is 3.34. The molecule has 1 N–H and O–H groups in total. The van der Waals surface area contributed by atoms with Crippen molar-refractivity contribution in [2.24, 2.45) is 0 Å². The molecular weight excluding hydrogens is 246 g/mol. The molecule has 2 aromatic rings. The number of aromatic nitrogens is 3. The molecule has 0 bridgehead atoms. The lowest BCUT2D eigenvalue weighted by Gasteiger charge is -1.84. The molecule has 8 heteroatoms. The van der Waals surface area contributed by atoms with Gasteiger partial charge in [0.15, 0.2) is 5.82 Å². The molecule has 2 aromatic heterocycles. The summed E-state index contributed by atoms with van der Waals surface area (Å²) >= 11 is 1.47. The summed E-state index contributed by atoms with van der Waals surface area (Å²) in [4.78, 5) is 3.74. The predicted molar refractivity (Wildman–Crippen MR) is 52.7 cm³/mol. The van der Waals surface area contributed by atoms with Crippen molar-refractivity contribution in [3.05, 3.63) is 16.8 Å². The molecular formula is C6H4ClN3O2S2. The molecule has 0 saturated heterocycles. The van der Waals surface area contributed by atoms with Crippen LogP contribution in [0.1, 0.15) is 0 Å². The van der Waals surface area contributed by atoms with E-state index in [0.717, 1.165) is 5.56 Å². The van der Waals surface area contributed by atoms with Gasteiger partial charge in [0.1, 0.15) is 0 Å². The van der Waals surface area contributed by atoms with E-state index in [2.05, 4.69) is 15.2 Å². The summed E-state index contributed by atoms with van der Waals surface area (Å²) in [6, 6.07) is 1.79. The highest BCUT2D eigenvalue weighted by molar-refractivity contribution is 8.13. The third-order valence-electron chi connectivity index (χ3n) is 1.48. The average Bonchev–Trinajstić information content (AvgIpc) is 2.73. The Morgan fingerprint density at radius 3 is 2.79 bits per heavy atom. The van der Waals surface area contributed by atoms with Crippen LogP contribution in [0, 0.1) is 0 Å². The van der Waals surface area contributed by atoms with Gasteiger partial charge in [-0.3, -0.25) is 0 Å². The summed E-state index contributed by atoms with van der Waals surface area (Å²) in [6.07, 6.45) is 0. The minimum Gasteiger partial charge on any atom is -0.248 e. The Morgan fingerprint density at radius 1 is 1.50 bits per heavy atom. The van der Waals surface area contributed by atoms with E-state index in [1.165, 1.54) is 11.3 Å². The van der Waals surface area contributed by atoms with E-state index in [9.17, 15) is 8.42 Å². The molecule has 0 unspecified atom stereocenters. The van der Waals surface area contributed by atoms with Gasteiger partial charge in [-0.1, -0.05) is 0 Å². The van der Waals surface area contributed by atoms with Crippen LogP contribution in [-0.4, -0.2) is 23.6 Å². The molecule has 2 heterocycles. The van der Waals surface area contributed by atoms with Crippen molar-refractivity contribution in [2.75, 3.05) is 0 Å². The third kappa shape index (κ3) is 1.79. The van der Waals surface area contributed by atoms with Gasteiger partial charge in [0, 0.05) is 21.6 Å². The lowest BCUT2D eigenvalue weighted by molar-refractivity contribution is 0.602. The summed E-state index contributed by atoms with van der Waals surface area (Å²) < 4.78 is 21.7. The molecule has 0 aliphatic rings. The van der Waals surface area contributed by atoms with Crippen LogP contribution < -0.4 is 0 Å². The fraction of sp³-hybridized carbons (Fsp3) is 0. The van der Waals surface area contributed by atoms with Crippen molar-refractivity contribution < 1.29 is 8.42 Å². The highest BCUT2D eigenvalue weighted by atomic mass is 35.7. The maximum atomic E-state index is 10.9. The topological polar surface area (TPSA) is 75.7 Å². The highest BCUT2D eigenvalue weighted by Crippen LogP contribution is 2.19. The Hall–Kier alpha value is -0.920. The number of hydrogen-bond acceptors (Lipinski definition) is 5. The standard InChI is InChI=1S/C6H4ClN3O2S2/c7-14(11,12)6-8-5(9-10-6)4-1-2-13-3-4/h1-3H,(H,8,9,10). The second-order valence-electron chi connectivity index (χ2n) is 2.41. The summed E-state index contributed by atoms with van der Waals surface area (Å²) in [5, 5.41) is 9.32. The number of hydrogen-bond donors (Lipinski definition) is 1. The number of nitrogens with one attached hydrogen (secondary N) is 1. The maximum absolute atomic E-state index is 10.9. The van der Waals surface area contributed by atoms with Crippen LogP contribution in [0.2, 0.25) is 0 Å². The first kappa shape index (κ1) is 9.63. The molecule has 0 aliphatic carbocycles. The van der Waals surface area contributed by atoms with Gasteiger partial charge in [0.2, 0.25) is 0 Å². The SMILES string of the molecule is O=S(=O)(Cl)c1nc(-c2ccsc2)n[nH]1. The predicted octanol–water partition coefficient (Wildman–Crippen LogP) is 1.46. The average molecular weight is 250 g/mol. The molecule has 14 heavy (non-hydrogen) atoms. The lowest BCUT2D eigenvalue weighted by atomic mass is 10.3. The van der Waals surface area contributed by atoms with Crippen molar-refractivity contribution in [1.29, 1.82) is 0 Å². The Kier molecular flexibility index (Phi) is 2.30. The van der Waals surface area contributed by atoms with Gasteiger partial charge in [-0.25, -0.2) is 13.5 Å². The number of nitrogens with zero attached hydrogens (tertiary/aromatic N) is 2. The summed E-state index contributed by atoms with van der Waals surface area (Å²) in [6.45, 7) is 0. The lowest BCUT2D eigenvalue weighted by Crippen LogP contribution is -1.92. The quantitative estimate of drug-likeness (QED) is 0.818. The van der Waals surface area contributed by atoms with Crippen LogP contribution in [0.15, 0.2) is 22.0 Å². The highest BCUT2D eigenvalue weighted by Gasteiger charge is 2.16. The van der Waals surface area contributed by atoms with Crippen LogP contribution in [0.25, 0.3) is 11.4 Å². The molecule has 2 rings (SSSR count). The van der Waals surface area contributed by atoms with E-state index >= 15 is 0 Å². The summed E-state index contributed by atoms with van der Waals surface area (Å²) in [5.41, 5.74) is 0.762. The van der Waals surface area contributed by atoms with Crippen LogP contribution in [0.5, 0.6) is 0 Å². The third-order valence-corrected chi connectivity index (χ3v) is 3.24. The van der Waals surface area contributed by atoms with E-state index in [-0.39, 0.29) is 5.16 Å². The maximum Gasteiger partial charge on any atom is 0.296 e. The summed E-state index contributed by atoms with van der Waals surface area (Å²) in [5.74, 6) is 0.325. The Morgan fingerprint density at radius 2 is 2.29 bits per heavy atom. The number of thiophene rings is 1. The normalized spacial score (nSPS) is 11.8. The fourth-order valence-corrected chi connectivity index (χ4v) is 2.07. The zero-order chi connectivity index (χ0) is 10.2. The molecule has 0 atom stereocenters. The van der Waals surface area contributed by atoms with Crippen LogP contribution >= 0.6 is 22.0 Å². The minimum absolute atomic E-state index is 0.325. The fourth-order valence-electron chi connectivity index (χ4n) is 0.877. The molecule has 0 radical (unpaired) electrons. The zero-order valence-corrected chi connectivity index (χ0v) is 9.03. The Bertz CT molecular complexity index is 531. The first-order valence-electron chi connectivity index (χ1n) is 3.47. The van der Waals surface area contributed by atoms with Gasteiger partial charge < -0.3 is 0 Å². The molecule has 0 aliphatic heterocycles. The largest absolute Gasteiger partial charge is 0.296 e. The first-order chi connectivity index (χ1) is 6.57. The summed E-state index contributed by atoms with van der Waals surface area (Å²) in [7, 11) is 1.25. The van der Waals surface area contributed by atoms with E-state index in [0.29, 0.717) is 5.82 Å². The molecule has 74 valence electrons. The van der Waals surface area contributed by atoms with Crippen molar-refractivity contribution in [2.45, 2.75) is 5.16 Å². The molecule has 0 spiro atoms. The number of halogens is 1. The van der Waals surface area contributed by atoms with Gasteiger partial charge in [-0.2, -0.15) is 21.4 Å². The zero-order valence-electron chi connectivity index (χ0n) is 6.64. The number of aromatic amines is 1. The Labute approximate surface area is 88.2 Å². The van der Waals surface area contributed by atoms with Gasteiger partial charge in [0.25, 0.3) is 14.2 Å². The van der Waals surface area contributed by atoms with Crippen LogP contribution in [-0.2, 0) is 9.05 Å². The second-order valence-corrected chi connectivity index (χ2v) is 5.68. The first-order valence-corrected chi connectivity index (χ1v) is 6.72. The smallest absolute Gasteiger partial charge is 0.248 e. The minimum atomic E-state index is -3.83. The molecule has 0 fully saturated rings.